The molecule has 0 unspecified atom stereocenters. The quantitative estimate of drug-likeness (QED) is 0.351. The van der Waals surface area contributed by atoms with Gasteiger partial charge in [0.05, 0.1) is 0 Å². The first-order valence-corrected chi connectivity index (χ1v) is 11.5. The Bertz CT molecular complexity index is 1290. The predicted octanol–water partition coefficient (Wildman–Crippen LogP) is 8.70. The third-order valence-electron chi connectivity index (χ3n) is 6.84. The molecule has 160 valence electrons. The van der Waals surface area contributed by atoms with Crippen LogP contribution < -0.4 is 5.32 Å². The highest BCUT2D eigenvalue weighted by Gasteiger charge is 2.37. The van der Waals surface area contributed by atoms with E-state index in [2.05, 4.69) is 131 Å². The van der Waals surface area contributed by atoms with Crippen molar-refractivity contribution < 1.29 is 0 Å². The molecule has 0 saturated carbocycles. The Hall–Kier alpha value is -3.32. The second-order valence-electron chi connectivity index (χ2n) is 10.4. The molecule has 32 heavy (non-hydrogen) atoms. The van der Waals surface area contributed by atoms with Gasteiger partial charge in [0.25, 0.3) is 0 Å². The van der Waals surface area contributed by atoms with Crippen LogP contribution in [0.1, 0.15) is 51.3 Å². The Labute approximate surface area is 192 Å². The lowest BCUT2D eigenvalue weighted by Crippen LogP contribution is -2.16. The summed E-state index contributed by atoms with van der Waals surface area (Å²) in [4.78, 5) is 0. The highest BCUT2D eigenvalue weighted by atomic mass is 14.9. The number of benzene rings is 4. The second kappa shape index (κ2) is 7.38. The van der Waals surface area contributed by atoms with E-state index in [1.165, 1.54) is 44.6 Å². The van der Waals surface area contributed by atoms with Crippen LogP contribution in [0.2, 0.25) is 0 Å². The minimum atomic E-state index is -0.0428. The van der Waals surface area contributed by atoms with Gasteiger partial charge >= 0.3 is 0 Å². The highest BCUT2D eigenvalue weighted by Crippen LogP contribution is 2.52. The van der Waals surface area contributed by atoms with E-state index in [0.717, 1.165) is 5.69 Å². The number of hydrogen-bond acceptors (Lipinski definition) is 1. The fraction of sp³-hybridized carbons (Fsp3) is 0.226. The molecule has 0 fully saturated rings. The topological polar surface area (TPSA) is 12.0 Å². The van der Waals surface area contributed by atoms with Crippen molar-refractivity contribution in [1.82, 2.24) is 0 Å². The zero-order chi connectivity index (χ0) is 22.5. The van der Waals surface area contributed by atoms with Crippen molar-refractivity contribution in [2.75, 3.05) is 5.32 Å². The van der Waals surface area contributed by atoms with Crippen molar-refractivity contribution in [2.45, 2.75) is 45.4 Å². The molecule has 4 aromatic carbocycles. The molecule has 1 N–H and O–H groups in total. The number of fused-ring (bicyclic) bond motifs is 3. The molecule has 0 aromatic heterocycles. The van der Waals surface area contributed by atoms with Gasteiger partial charge in [-0.2, -0.15) is 0 Å². The molecular weight excluding hydrogens is 386 g/mol. The lowest BCUT2D eigenvalue weighted by molar-refractivity contribution is 0.590. The molecule has 1 nitrogen and oxygen atoms in total. The standard InChI is InChI=1S/C31H31N/c1-30(2,3)22-19-17-21(18-20-22)23-11-7-9-15-27(23)32-28-16-10-13-25-24-12-6-8-14-26(24)31(4,5)29(25)28/h6-20,32H,1-5H3. The first kappa shape index (κ1) is 20.6. The fourth-order valence-corrected chi connectivity index (χ4v) is 5.09. The first-order chi connectivity index (χ1) is 15.3. The van der Waals surface area contributed by atoms with Gasteiger partial charge in [0.15, 0.2) is 0 Å². The van der Waals surface area contributed by atoms with Gasteiger partial charge in [0.2, 0.25) is 0 Å². The van der Waals surface area contributed by atoms with E-state index in [9.17, 15) is 0 Å². The lowest BCUT2D eigenvalue weighted by Gasteiger charge is -2.25. The van der Waals surface area contributed by atoms with Crippen LogP contribution >= 0.6 is 0 Å². The van der Waals surface area contributed by atoms with Gasteiger partial charge < -0.3 is 5.32 Å². The number of nitrogens with one attached hydrogen (secondary N) is 1. The first-order valence-electron chi connectivity index (χ1n) is 11.5. The van der Waals surface area contributed by atoms with Gasteiger partial charge in [0.1, 0.15) is 0 Å². The zero-order valence-electron chi connectivity index (χ0n) is 19.7. The summed E-state index contributed by atoms with van der Waals surface area (Å²) < 4.78 is 0. The average molecular weight is 418 g/mol. The van der Waals surface area contributed by atoms with Crippen LogP contribution in [0, 0.1) is 0 Å². The Balaban J connectivity index is 1.57. The van der Waals surface area contributed by atoms with E-state index in [-0.39, 0.29) is 10.8 Å². The number of rotatable bonds is 3. The molecule has 5 rings (SSSR count). The zero-order valence-corrected chi connectivity index (χ0v) is 19.7. The summed E-state index contributed by atoms with van der Waals surface area (Å²) in [5.74, 6) is 0. The monoisotopic (exact) mass is 417 g/mol. The predicted molar refractivity (Wildman–Crippen MR) is 138 cm³/mol. The Morgan fingerprint density at radius 2 is 1.19 bits per heavy atom. The van der Waals surface area contributed by atoms with Crippen LogP contribution in [-0.4, -0.2) is 0 Å². The molecule has 0 amide bonds. The normalized spacial score (nSPS) is 14.0. The van der Waals surface area contributed by atoms with Crippen LogP contribution in [-0.2, 0) is 10.8 Å². The van der Waals surface area contributed by atoms with Crippen LogP contribution in [0.25, 0.3) is 22.3 Å². The summed E-state index contributed by atoms with van der Waals surface area (Å²) in [6.45, 7) is 11.4. The molecule has 0 atom stereocenters. The molecule has 1 aliphatic carbocycles. The third kappa shape index (κ3) is 3.33. The minimum absolute atomic E-state index is 0.0428. The van der Waals surface area contributed by atoms with E-state index in [0.29, 0.717) is 0 Å². The summed E-state index contributed by atoms with van der Waals surface area (Å²) in [5.41, 5.74) is 11.7. The van der Waals surface area contributed by atoms with E-state index in [1.807, 2.05) is 0 Å². The Morgan fingerprint density at radius 3 is 1.91 bits per heavy atom. The molecule has 4 aromatic rings. The fourth-order valence-electron chi connectivity index (χ4n) is 5.09. The Kier molecular flexibility index (Phi) is 4.74. The SMILES string of the molecule is CC(C)(C)c1ccc(-c2ccccc2Nc2cccc3c2C(C)(C)c2ccccc2-3)cc1. The average Bonchev–Trinajstić information content (AvgIpc) is 3.02. The summed E-state index contributed by atoms with van der Waals surface area (Å²) in [7, 11) is 0. The van der Waals surface area contributed by atoms with Gasteiger partial charge in [-0.05, 0) is 50.9 Å². The molecular formula is C31H31N. The molecule has 1 heteroatoms. The van der Waals surface area contributed by atoms with Crippen LogP contribution in [0.3, 0.4) is 0 Å². The molecule has 0 aliphatic heterocycles. The van der Waals surface area contributed by atoms with Crippen molar-refractivity contribution >= 4 is 11.4 Å². The third-order valence-corrected chi connectivity index (χ3v) is 6.84. The van der Waals surface area contributed by atoms with Crippen LogP contribution in [0.5, 0.6) is 0 Å². The largest absolute Gasteiger partial charge is 0.355 e. The summed E-state index contributed by atoms with van der Waals surface area (Å²) in [5, 5.41) is 3.81. The maximum Gasteiger partial charge on any atom is 0.0463 e. The van der Waals surface area contributed by atoms with Crippen LogP contribution in [0.4, 0.5) is 11.4 Å². The van der Waals surface area contributed by atoms with E-state index >= 15 is 0 Å². The maximum atomic E-state index is 3.81. The van der Waals surface area contributed by atoms with Gasteiger partial charge in [0, 0.05) is 22.4 Å². The lowest BCUT2D eigenvalue weighted by atomic mass is 9.81. The molecule has 0 heterocycles. The van der Waals surface area contributed by atoms with Crippen LogP contribution in [0.15, 0.2) is 91.0 Å². The van der Waals surface area contributed by atoms with Gasteiger partial charge in [-0.3, -0.25) is 0 Å². The van der Waals surface area contributed by atoms with Crippen molar-refractivity contribution in [2.24, 2.45) is 0 Å². The smallest absolute Gasteiger partial charge is 0.0463 e. The molecule has 0 radical (unpaired) electrons. The van der Waals surface area contributed by atoms with E-state index in [1.54, 1.807) is 0 Å². The van der Waals surface area contributed by atoms with Gasteiger partial charge in [-0.1, -0.05) is 113 Å². The molecule has 0 spiro atoms. The molecule has 1 aliphatic rings. The number of hydrogen-bond donors (Lipinski definition) is 1. The molecule has 0 saturated heterocycles. The summed E-state index contributed by atoms with van der Waals surface area (Å²) >= 11 is 0. The van der Waals surface area contributed by atoms with Crippen molar-refractivity contribution in [3.63, 3.8) is 0 Å². The highest BCUT2D eigenvalue weighted by molar-refractivity contribution is 5.89. The number of anilines is 2. The maximum absolute atomic E-state index is 3.81. The summed E-state index contributed by atoms with van der Waals surface area (Å²) in [6.07, 6.45) is 0. The van der Waals surface area contributed by atoms with Crippen molar-refractivity contribution in [1.29, 1.82) is 0 Å². The second-order valence-corrected chi connectivity index (χ2v) is 10.4. The number of para-hydroxylation sites is 1. The van der Waals surface area contributed by atoms with Crippen molar-refractivity contribution in [3.05, 3.63) is 108 Å². The van der Waals surface area contributed by atoms with Gasteiger partial charge in [-0.25, -0.2) is 0 Å². The summed E-state index contributed by atoms with van der Waals surface area (Å²) in [6, 6.07) is 33.1. The molecule has 0 bridgehead atoms. The minimum Gasteiger partial charge on any atom is -0.355 e. The Morgan fingerprint density at radius 1 is 0.594 bits per heavy atom. The van der Waals surface area contributed by atoms with E-state index < -0.39 is 0 Å². The van der Waals surface area contributed by atoms with E-state index in [4.69, 9.17) is 0 Å². The van der Waals surface area contributed by atoms with Gasteiger partial charge in [-0.15, -0.1) is 0 Å². The van der Waals surface area contributed by atoms with Crippen molar-refractivity contribution in [3.8, 4) is 22.3 Å².